The highest BCUT2D eigenvalue weighted by Gasteiger charge is 2.22. The maximum Gasteiger partial charge on any atom is 0.253 e. The van der Waals surface area contributed by atoms with Gasteiger partial charge in [-0.1, -0.05) is 13.8 Å². The minimum absolute atomic E-state index is 0.0406. The van der Waals surface area contributed by atoms with Crippen molar-refractivity contribution >= 4 is 40.5 Å². The molecule has 1 aliphatic rings. The number of amides is 2. The van der Waals surface area contributed by atoms with Crippen LogP contribution in [0.25, 0.3) is 0 Å². The number of hydrogen-bond donors (Lipinski definition) is 2. The van der Waals surface area contributed by atoms with Gasteiger partial charge in [-0.3, -0.25) is 9.59 Å². The van der Waals surface area contributed by atoms with Gasteiger partial charge in [-0.05, 0) is 60.7 Å². The molecule has 1 heterocycles. The zero-order chi connectivity index (χ0) is 22.4. The van der Waals surface area contributed by atoms with E-state index in [9.17, 15) is 9.59 Å². The summed E-state index contributed by atoms with van der Waals surface area (Å²) < 4.78 is 5.15. The third kappa shape index (κ3) is 5.95. The molecular weight excluding hydrogens is 412 g/mol. The van der Waals surface area contributed by atoms with Crippen molar-refractivity contribution in [3.63, 3.8) is 0 Å². The summed E-state index contributed by atoms with van der Waals surface area (Å²) in [6.07, 6.45) is 0. The molecule has 1 saturated heterocycles. The molecule has 1 fully saturated rings. The summed E-state index contributed by atoms with van der Waals surface area (Å²) >= 11 is 5.18. The molecule has 2 N–H and O–H groups in total. The van der Waals surface area contributed by atoms with E-state index >= 15 is 0 Å². The fraction of sp³-hybridized carbons (Fsp3) is 0.348. The molecule has 31 heavy (non-hydrogen) atoms. The number of nitrogens with one attached hydrogen (secondary N) is 2. The van der Waals surface area contributed by atoms with Crippen molar-refractivity contribution < 1.29 is 14.3 Å². The number of ether oxygens (including phenoxy) is 1. The van der Waals surface area contributed by atoms with Crippen LogP contribution in [0, 0.1) is 5.92 Å². The molecular formula is C23H28N4O3S. The van der Waals surface area contributed by atoms with Gasteiger partial charge in [0.15, 0.2) is 5.11 Å². The van der Waals surface area contributed by atoms with Crippen LogP contribution in [0.4, 0.5) is 11.4 Å². The fourth-order valence-electron chi connectivity index (χ4n) is 3.26. The molecule has 1 aliphatic heterocycles. The van der Waals surface area contributed by atoms with Gasteiger partial charge in [0.25, 0.3) is 5.91 Å². The lowest BCUT2D eigenvalue weighted by Crippen LogP contribution is -2.48. The normalized spacial score (nSPS) is 13.7. The second-order valence-electron chi connectivity index (χ2n) is 7.65. The second-order valence-corrected chi connectivity index (χ2v) is 8.06. The van der Waals surface area contributed by atoms with E-state index in [1.165, 1.54) is 0 Å². The Morgan fingerprint density at radius 3 is 2.13 bits per heavy atom. The molecule has 7 nitrogen and oxygen atoms in total. The van der Waals surface area contributed by atoms with E-state index in [1.54, 1.807) is 31.4 Å². The molecule has 0 spiro atoms. The van der Waals surface area contributed by atoms with Crippen LogP contribution in [0.2, 0.25) is 0 Å². The van der Waals surface area contributed by atoms with Gasteiger partial charge in [-0.2, -0.15) is 0 Å². The van der Waals surface area contributed by atoms with Crippen molar-refractivity contribution in [1.82, 2.24) is 10.2 Å². The van der Waals surface area contributed by atoms with Crippen molar-refractivity contribution in [3.05, 3.63) is 54.1 Å². The topological polar surface area (TPSA) is 73.9 Å². The van der Waals surface area contributed by atoms with Crippen LogP contribution >= 0.6 is 12.2 Å². The number of benzene rings is 2. The van der Waals surface area contributed by atoms with Crippen molar-refractivity contribution in [3.8, 4) is 5.75 Å². The van der Waals surface area contributed by atoms with E-state index in [-0.39, 0.29) is 22.8 Å². The molecule has 0 aromatic heterocycles. The van der Waals surface area contributed by atoms with Gasteiger partial charge in [0, 0.05) is 49.0 Å². The molecule has 2 aromatic rings. The first-order valence-electron chi connectivity index (χ1n) is 10.3. The summed E-state index contributed by atoms with van der Waals surface area (Å²) in [6.45, 7) is 6.48. The second kappa shape index (κ2) is 10.3. The summed E-state index contributed by atoms with van der Waals surface area (Å²) in [7, 11) is 1.61. The first-order chi connectivity index (χ1) is 14.9. The van der Waals surface area contributed by atoms with Gasteiger partial charge < -0.3 is 25.2 Å². The zero-order valence-electron chi connectivity index (χ0n) is 18.1. The molecule has 2 aromatic carbocycles. The lowest BCUT2D eigenvalue weighted by molar-refractivity contribution is -0.122. The number of piperazine rings is 1. The van der Waals surface area contributed by atoms with E-state index in [1.807, 2.05) is 43.0 Å². The molecule has 0 radical (unpaired) electrons. The van der Waals surface area contributed by atoms with Gasteiger partial charge in [0.05, 0.1) is 7.11 Å². The third-order valence-electron chi connectivity index (χ3n) is 5.16. The van der Waals surface area contributed by atoms with Gasteiger partial charge in [0.2, 0.25) is 5.91 Å². The first-order valence-corrected chi connectivity index (χ1v) is 10.7. The Morgan fingerprint density at radius 1 is 0.968 bits per heavy atom. The summed E-state index contributed by atoms with van der Waals surface area (Å²) in [5.74, 6) is 0.537. The Balaban J connectivity index is 1.51. The smallest absolute Gasteiger partial charge is 0.253 e. The maximum atomic E-state index is 12.7. The van der Waals surface area contributed by atoms with Gasteiger partial charge in [-0.25, -0.2) is 0 Å². The summed E-state index contributed by atoms with van der Waals surface area (Å²) in [4.78, 5) is 28.6. The summed E-state index contributed by atoms with van der Waals surface area (Å²) in [5.41, 5.74) is 2.57. The average Bonchev–Trinajstić information content (AvgIpc) is 2.79. The summed E-state index contributed by atoms with van der Waals surface area (Å²) in [5, 5.41) is 5.98. The van der Waals surface area contributed by atoms with Crippen molar-refractivity contribution in [1.29, 1.82) is 0 Å². The lowest BCUT2D eigenvalue weighted by atomic mass is 10.1. The van der Waals surface area contributed by atoms with Crippen LogP contribution in [-0.4, -0.2) is 55.1 Å². The predicted molar refractivity (Wildman–Crippen MR) is 127 cm³/mol. The van der Waals surface area contributed by atoms with Crippen LogP contribution in [0.3, 0.4) is 0 Å². The van der Waals surface area contributed by atoms with Crippen LogP contribution in [0.15, 0.2) is 48.5 Å². The number of nitrogens with zero attached hydrogens (tertiary/aromatic N) is 2. The molecule has 164 valence electrons. The molecule has 0 atom stereocenters. The molecule has 8 heteroatoms. The SMILES string of the molecule is COc1ccc(C(=O)N2CCN(c3ccc(NC(=S)NC(=O)C(C)C)cc3)CC2)cc1. The largest absolute Gasteiger partial charge is 0.497 e. The Bertz CT molecular complexity index is 921. The average molecular weight is 441 g/mol. The minimum Gasteiger partial charge on any atom is -0.497 e. The molecule has 0 bridgehead atoms. The van der Waals surface area contributed by atoms with Gasteiger partial charge in [-0.15, -0.1) is 0 Å². The number of thiocarbonyl (C=S) groups is 1. The van der Waals surface area contributed by atoms with E-state index in [4.69, 9.17) is 17.0 Å². The van der Waals surface area contributed by atoms with Crippen molar-refractivity contribution in [2.24, 2.45) is 5.92 Å². The molecule has 0 saturated carbocycles. The van der Waals surface area contributed by atoms with Crippen molar-refractivity contribution in [2.45, 2.75) is 13.8 Å². The van der Waals surface area contributed by atoms with Gasteiger partial charge >= 0.3 is 0 Å². The number of anilines is 2. The Kier molecular flexibility index (Phi) is 7.46. The molecule has 0 aliphatic carbocycles. The number of methoxy groups -OCH3 is 1. The van der Waals surface area contributed by atoms with E-state index in [0.717, 1.165) is 30.2 Å². The van der Waals surface area contributed by atoms with E-state index in [2.05, 4.69) is 15.5 Å². The first kappa shape index (κ1) is 22.6. The van der Waals surface area contributed by atoms with Gasteiger partial charge in [0.1, 0.15) is 5.75 Å². The number of rotatable bonds is 5. The minimum atomic E-state index is -0.127. The third-order valence-corrected chi connectivity index (χ3v) is 5.36. The molecule has 0 unspecified atom stereocenters. The van der Waals surface area contributed by atoms with E-state index in [0.29, 0.717) is 18.7 Å². The highest BCUT2D eigenvalue weighted by Crippen LogP contribution is 2.21. The fourth-order valence-corrected chi connectivity index (χ4v) is 3.48. The van der Waals surface area contributed by atoms with Crippen molar-refractivity contribution in [2.75, 3.05) is 43.5 Å². The maximum absolute atomic E-state index is 12.7. The summed E-state index contributed by atoms with van der Waals surface area (Å²) in [6, 6.07) is 15.1. The standard InChI is InChI=1S/C23H28N4O3S/c1-16(2)21(28)25-23(31)24-18-6-8-19(9-7-18)26-12-14-27(15-13-26)22(29)17-4-10-20(30-3)11-5-17/h4-11,16H,12-15H2,1-3H3,(H2,24,25,28,31). The Labute approximate surface area is 188 Å². The number of carbonyl (C=O) groups excluding carboxylic acids is 2. The molecule has 2 amide bonds. The lowest BCUT2D eigenvalue weighted by Gasteiger charge is -2.36. The highest BCUT2D eigenvalue weighted by atomic mass is 32.1. The monoisotopic (exact) mass is 440 g/mol. The van der Waals surface area contributed by atoms with Crippen LogP contribution in [0.5, 0.6) is 5.75 Å². The Morgan fingerprint density at radius 2 is 1.58 bits per heavy atom. The number of carbonyl (C=O) groups is 2. The quantitative estimate of drug-likeness (QED) is 0.696. The molecule has 3 rings (SSSR count). The highest BCUT2D eigenvalue weighted by molar-refractivity contribution is 7.80. The van der Waals surface area contributed by atoms with Crippen LogP contribution in [0.1, 0.15) is 24.2 Å². The van der Waals surface area contributed by atoms with Crippen LogP contribution < -0.4 is 20.3 Å². The zero-order valence-corrected chi connectivity index (χ0v) is 18.9. The number of hydrogen-bond acceptors (Lipinski definition) is 5. The van der Waals surface area contributed by atoms with E-state index < -0.39 is 0 Å². The van der Waals surface area contributed by atoms with Crippen LogP contribution in [-0.2, 0) is 4.79 Å². The predicted octanol–water partition coefficient (Wildman–Crippen LogP) is 3.13. The Hall–Kier alpha value is -3.13.